The summed E-state index contributed by atoms with van der Waals surface area (Å²) in [6, 6.07) is 25.0. The van der Waals surface area contributed by atoms with Crippen LogP contribution in [0.15, 0.2) is 81.7 Å². The SMILES string of the molecule is Brc1cccc2[cH-]ccc12.Brc1cccc2[cH-]ccc12.CP.[Cl][Zr+2][Cl]. The van der Waals surface area contributed by atoms with E-state index in [0.29, 0.717) is 0 Å². The molecular formula is C19H17Br2Cl2PZr. The van der Waals surface area contributed by atoms with Crippen molar-refractivity contribution in [2.24, 2.45) is 0 Å². The number of benzene rings is 2. The van der Waals surface area contributed by atoms with Gasteiger partial charge in [0.15, 0.2) is 0 Å². The zero-order chi connectivity index (χ0) is 18.7. The summed E-state index contributed by atoms with van der Waals surface area (Å²) < 4.78 is 2.35. The molecule has 4 aromatic carbocycles. The Morgan fingerprint density at radius 2 is 1.12 bits per heavy atom. The van der Waals surface area contributed by atoms with Crippen LogP contribution in [-0.4, -0.2) is 6.66 Å². The molecule has 0 saturated carbocycles. The first kappa shape index (κ1) is 23.6. The summed E-state index contributed by atoms with van der Waals surface area (Å²) in [4.78, 5) is 0. The Labute approximate surface area is 187 Å². The van der Waals surface area contributed by atoms with Crippen molar-refractivity contribution in [2.75, 3.05) is 6.66 Å². The molecule has 0 aliphatic rings. The summed E-state index contributed by atoms with van der Waals surface area (Å²) in [5, 5.41) is 5.19. The van der Waals surface area contributed by atoms with Gasteiger partial charge in [-0.25, -0.2) is 0 Å². The molecule has 0 spiro atoms. The Balaban J connectivity index is 0.000000200. The summed E-state index contributed by atoms with van der Waals surface area (Å²) in [6.45, 7) is 1.92. The van der Waals surface area contributed by atoms with Crippen molar-refractivity contribution in [1.82, 2.24) is 0 Å². The van der Waals surface area contributed by atoms with E-state index in [2.05, 4.69) is 102 Å². The fraction of sp³-hybridized carbons (Fsp3) is 0.0526. The predicted molar refractivity (Wildman–Crippen MR) is 122 cm³/mol. The first-order valence-corrected chi connectivity index (χ1v) is 16.4. The van der Waals surface area contributed by atoms with Crippen LogP contribution in [0, 0.1) is 0 Å². The van der Waals surface area contributed by atoms with E-state index in [1.165, 1.54) is 30.5 Å². The summed E-state index contributed by atoms with van der Waals surface area (Å²) >= 11 is 6.13. The van der Waals surface area contributed by atoms with Gasteiger partial charge in [0.1, 0.15) is 0 Å². The maximum absolute atomic E-state index is 4.93. The first-order chi connectivity index (χ1) is 12.2. The van der Waals surface area contributed by atoms with Crippen LogP contribution in [0.2, 0.25) is 0 Å². The van der Waals surface area contributed by atoms with Crippen LogP contribution in [0.1, 0.15) is 0 Å². The van der Waals surface area contributed by atoms with Crippen LogP contribution < -0.4 is 0 Å². The van der Waals surface area contributed by atoms with Gasteiger partial charge in [-0.3, -0.25) is 0 Å². The minimum absolute atomic E-state index is 0.826. The predicted octanol–water partition coefficient (Wildman–Crippen LogP) is 8.51. The molecule has 0 bridgehead atoms. The van der Waals surface area contributed by atoms with E-state index in [1.807, 2.05) is 18.8 Å². The fourth-order valence-electron chi connectivity index (χ4n) is 2.25. The number of hydrogen-bond acceptors (Lipinski definition) is 0. The number of hydrogen-bond donors (Lipinski definition) is 0. The molecule has 25 heavy (non-hydrogen) atoms. The first-order valence-electron chi connectivity index (χ1n) is 7.31. The summed E-state index contributed by atoms with van der Waals surface area (Å²) in [6.07, 6.45) is 0. The molecule has 4 rings (SSSR count). The van der Waals surface area contributed by atoms with E-state index in [9.17, 15) is 0 Å². The van der Waals surface area contributed by atoms with Crippen molar-refractivity contribution in [2.45, 2.75) is 0 Å². The van der Waals surface area contributed by atoms with Crippen LogP contribution in [0.5, 0.6) is 0 Å². The van der Waals surface area contributed by atoms with E-state index >= 15 is 0 Å². The summed E-state index contributed by atoms with van der Waals surface area (Å²) in [5.41, 5.74) is 0. The van der Waals surface area contributed by atoms with E-state index in [1.54, 1.807) is 0 Å². The Kier molecular flexibility index (Phi) is 12.9. The summed E-state index contributed by atoms with van der Waals surface area (Å²) in [5.74, 6) is 0. The molecule has 0 fully saturated rings. The van der Waals surface area contributed by atoms with Crippen LogP contribution >= 0.6 is 58.1 Å². The topological polar surface area (TPSA) is 0 Å². The van der Waals surface area contributed by atoms with Gasteiger partial charge in [-0.1, -0.05) is 50.7 Å². The van der Waals surface area contributed by atoms with Gasteiger partial charge in [0.05, 0.1) is 0 Å². The molecule has 0 N–H and O–H groups in total. The normalized spacial score (nSPS) is 9.04. The average molecular weight is 598 g/mol. The molecule has 0 aliphatic heterocycles. The molecule has 6 heteroatoms. The van der Waals surface area contributed by atoms with E-state index in [4.69, 9.17) is 17.0 Å². The third kappa shape index (κ3) is 7.57. The van der Waals surface area contributed by atoms with Gasteiger partial charge in [0.25, 0.3) is 0 Å². The molecule has 0 aromatic heterocycles. The maximum atomic E-state index is 4.93. The standard InChI is InChI=1S/2C9H6Br.CH5P.2ClH.Zr/c2*10-9-6-2-4-7-3-1-5-8(7)9;1-2;;;/h2*1-6H;2H2,1H3;2*1H;/q2*-1;;;;+4/p-2. The minimum atomic E-state index is -0.826. The monoisotopic (exact) mass is 594 g/mol. The second kappa shape index (κ2) is 13.6. The molecule has 0 saturated heterocycles. The molecule has 0 heterocycles. The van der Waals surface area contributed by atoms with Crippen LogP contribution in [0.4, 0.5) is 0 Å². The Bertz CT molecular complexity index is 802. The molecule has 130 valence electrons. The fourth-order valence-corrected chi connectivity index (χ4v) is 3.27. The van der Waals surface area contributed by atoms with Gasteiger partial charge in [-0.15, -0.1) is 67.2 Å². The second-order valence-corrected chi connectivity index (χ2v) is 10.0. The van der Waals surface area contributed by atoms with Crippen molar-refractivity contribution in [1.29, 1.82) is 0 Å². The van der Waals surface area contributed by atoms with Crippen LogP contribution in [-0.2, 0) is 20.8 Å². The molecule has 0 aliphatic carbocycles. The van der Waals surface area contributed by atoms with Crippen LogP contribution in [0.3, 0.4) is 0 Å². The van der Waals surface area contributed by atoms with Crippen LogP contribution in [0.25, 0.3) is 21.5 Å². The average Bonchev–Trinajstić information content (AvgIpc) is 3.28. The van der Waals surface area contributed by atoms with Crippen molar-refractivity contribution in [3.63, 3.8) is 0 Å². The number of halogens is 4. The zero-order valence-electron chi connectivity index (χ0n) is 13.5. The van der Waals surface area contributed by atoms with Crippen molar-refractivity contribution < 1.29 is 20.8 Å². The molecular weight excluding hydrogens is 581 g/mol. The van der Waals surface area contributed by atoms with Crippen molar-refractivity contribution >= 4 is 79.7 Å². The molecule has 0 amide bonds. The number of fused-ring (bicyclic) bond motifs is 2. The molecule has 1 atom stereocenters. The van der Waals surface area contributed by atoms with Gasteiger partial charge < -0.3 is 0 Å². The zero-order valence-corrected chi connectivity index (χ0v) is 21.8. The second-order valence-electron chi connectivity index (χ2n) is 4.61. The third-order valence-electron chi connectivity index (χ3n) is 3.25. The van der Waals surface area contributed by atoms with Gasteiger partial charge >= 0.3 is 37.9 Å². The van der Waals surface area contributed by atoms with E-state index < -0.39 is 20.8 Å². The Morgan fingerprint density at radius 3 is 1.44 bits per heavy atom. The molecule has 0 radical (unpaired) electrons. The van der Waals surface area contributed by atoms with Gasteiger partial charge in [0.2, 0.25) is 0 Å². The third-order valence-corrected chi connectivity index (χ3v) is 4.63. The van der Waals surface area contributed by atoms with E-state index in [0.717, 1.165) is 0 Å². The van der Waals surface area contributed by atoms with Gasteiger partial charge in [-0.2, -0.15) is 24.3 Å². The molecule has 1 unspecified atom stereocenters. The van der Waals surface area contributed by atoms with E-state index in [-0.39, 0.29) is 0 Å². The van der Waals surface area contributed by atoms with Crippen molar-refractivity contribution in [3.05, 3.63) is 81.7 Å². The van der Waals surface area contributed by atoms with Gasteiger partial charge in [-0.05, 0) is 8.95 Å². The summed E-state index contributed by atoms with van der Waals surface area (Å²) in [7, 11) is 12.3. The van der Waals surface area contributed by atoms with Gasteiger partial charge in [0, 0.05) is 0 Å². The molecule has 0 nitrogen and oxygen atoms in total. The van der Waals surface area contributed by atoms with Crippen molar-refractivity contribution in [3.8, 4) is 0 Å². The number of rotatable bonds is 0. The Morgan fingerprint density at radius 1 is 0.760 bits per heavy atom. The molecule has 4 aromatic rings. The Hall–Kier alpha value is 0.513. The quantitative estimate of drug-likeness (QED) is 0.141.